The van der Waals surface area contributed by atoms with Crippen molar-refractivity contribution in [2.75, 3.05) is 0 Å². The fraction of sp³-hybridized carbons (Fsp3) is 0.857. The molecule has 0 aromatic heterocycles. The van der Waals surface area contributed by atoms with Gasteiger partial charge in [0.1, 0.15) is 11.6 Å². The number of ether oxygens (including phenoxy) is 1. The lowest BCUT2D eigenvalue weighted by Gasteiger charge is -2.31. The van der Waals surface area contributed by atoms with Gasteiger partial charge in [-0.2, -0.15) is 0 Å². The molecule has 1 atom stereocenters. The molecule has 1 N–H and O–H groups in total. The lowest BCUT2D eigenvalue weighted by atomic mass is 10.1. The van der Waals surface area contributed by atoms with Crippen molar-refractivity contribution in [3.05, 3.63) is 0 Å². The Bertz CT molecular complexity index is 331. The predicted molar refractivity (Wildman–Crippen MR) is 72.0 cm³/mol. The van der Waals surface area contributed by atoms with Gasteiger partial charge in [0.05, 0.1) is 0 Å². The minimum Gasteiger partial charge on any atom is -0.480 e. The highest BCUT2D eigenvalue weighted by molar-refractivity contribution is 5.80. The predicted octanol–water partition coefficient (Wildman–Crippen LogP) is 3.03. The van der Waals surface area contributed by atoms with E-state index >= 15 is 0 Å². The van der Waals surface area contributed by atoms with Crippen molar-refractivity contribution in [2.24, 2.45) is 0 Å². The first-order chi connectivity index (χ1) is 8.76. The molecular weight excluding hydrogens is 246 g/mol. The summed E-state index contributed by atoms with van der Waals surface area (Å²) in [6.45, 7) is 7.38. The number of hydrogen-bond acceptors (Lipinski definition) is 3. The molecular formula is C14H25NO4. The summed E-state index contributed by atoms with van der Waals surface area (Å²) in [7, 11) is 0. The molecule has 1 amide bonds. The first kappa shape index (κ1) is 15.8. The van der Waals surface area contributed by atoms with Gasteiger partial charge in [0.2, 0.25) is 0 Å². The van der Waals surface area contributed by atoms with Crippen LogP contribution in [0.4, 0.5) is 4.79 Å². The number of aliphatic carboxylic acids is 1. The summed E-state index contributed by atoms with van der Waals surface area (Å²) in [5.41, 5.74) is -0.599. The molecule has 1 unspecified atom stereocenters. The second-order valence-electron chi connectivity index (χ2n) is 6.12. The van der Waals surface area contributed by atoms with Gasteiger partial charge >= 0.3 is 12.1 Å². The van der Waals surface area contributed by atoms with Gasteiger partial charge in [-0.25, -0.2) is 9.59 Å². The third-order valence-corrected chi connectivity index (χ3v) is 3.00. The molecule has 0 aliphatic heterocycles. The van der Waals surface area contributed by atoms with Gasteiger partial charge in [-0.1, -0.05) is 19.8 Å². The van der Waals surface area contributed by atoms with Gasteiger partial charge in [-0.3, -0.25) is 4.90 Å². The third kappa shape index (κ3) is 5.09. The molecule has 5 heteroatoms. The standard InChI is InChI=1S/C14H25NO4/c1-5-6-7-11(12(16)17)15(10-8-9-10)13(18)19-14(2,3)4/h10-11H,5-9H2,1-4H3,(H,16,17). The Morgan fingerprint density at radius 2 is 1.95 bits per heavy atom. The summed E-state index contributed by atoms with van der Waals surface area (Å²) in [6, 6.07) is -0.727. The van der Waals surface area contributed by atoms with Crippen molar-refractivity contribution in [2.45, 2.75) is 77.5 Å². The van der Waals surface area contributed by atoms with E-state index in [1.54, 1.807) is 20.8 Å². The average molecular weight is 271 g/mol. The van der Waals surface area contributed by atoms with Crippen molar-refractivity contribution in [3.63, 3.8) is 0 Å². The zero-order chi connectivity index (χ0) is 14.6. The molecule has 110 valence electrons. The fourth-order valence-corrected chi connectivity index (χ4v) is 1.98. The van der Waals surface area contributed by atoms with Crippen LogP contribution in [0.2, 0.25) is 0 Å². The largest absolute Gasteiger partial charge is 0.480 e. The number of nitrogens with zero attached hydrogens (tertiary/aromatic N) is 1. The van der Waals surface area contributed by atoms with E-state index in [1.807, 2.05) is 6.92 Å². The second-order valence-corrected chi connectivity index (χ2v) is 6.12. The zero-order valence-corrected chi connectivity index (χ0v) is 12.3. The summed E-state index contributed by atoms with van der Waals surface area (Å²) in [6.07, 6.45) is 3.43. The normalized spacial score (nSPS) is 16.8. The SMILES string of the molecule is CCCCC(C(=O)O)N(C(=O)OC(C)(C)C)C1CC1. The molecule has 0 radical (unpaired) electrons. The highest BCUT2D eigenvalue weighted by Gasteiger charge is 2.42. The van der Waals surface area contributed by atoms with E-state index in [9.17, 15) is 14.7 Å². The topological polar surface area (TPSA) is 66.8 Å². The van der Waals surface area contributed by atoms with Crippen molar-refractivity contribution in [1.82, 2.24) is 4.90 Å². The Balaban J connectivity index is 2.78. The molecule has 1 fully saturated rings. The Hall–Kier alpha value is -1.26. The first-order valence-corrected chi connectivity index (χ1v) is 7.00. The van der Waals surface area contributed by atoms with Crippen molar-refractivity contribution < 1.29 is 19.4 Å². The van der Waals surface area contributed by atoms with E-state index in [2.05, 4.69) is 0 Å². The van der Waals surface area contributed by atoms with Crippen LogP contribution in [0.1, 0.15) is 59.8 Å². The maximum absolute atomic E-state index is 12.2. The number of carboxylic acids is 1. The zero-order valence-electron chi connectivity index (χ0n) is 12.3. The number of hydrogen-bond donors (Lipinski definition) is 1. The summed E-state index contributed by atoms with van der Waals surface area (Å²) >= 11 is 0. The minimum absolute atomic E-state index is 0.0350. The molecule has 1 saturated carbocycles. The van der Waals surface area contributed by atoms with E-state index in [0.717, 1.165) is 25.7 Å². The van der Waals surface area contributed by atoms with Gasteiger partial charge < -0.3 is 9.84 Å². The van der Waals surface area contributed by atoms with E-state index in [0.29, 0.717) is 6.42 Å². The van der Waals surface area contributed by atoms with Crippen molar-refractivity contribution >= 4 is 12.1 Å². The van der Waals surface area contributed by atoms with Crippen molar-refractivity contribution in [3.8, 4) is 0 Å². The van der Waals surface area contributed by atoms with Crippen molar-refractivity contribution in [1.29, 1.82) is 0 Å². The molecule has 1 aliphatic rings. The number of amides is 1. The van der Waals surface area contributed by atoms with Gasteiger partial charge in [-0.15, -0.1) is 0 Å². The van der Waals surface area contributed by atoms with E-state index in [4.69, 9.17) is 4.74 Å². The monoisotopic (exact) mass is 271 g/mol. The second kappa shape index (κ2) is 6.26. The van der Waals surface area contributed by atoms with Crippen LogP contribution in [0.3, 0.4) is 0 Å². The summed E-state index contributed by atoms with van der Waals surface area (Å²) < 4.78 is 5.34. The molecule has 0 bridgehead atoms. The Kier molecular flexibility index (Phi) is 5.20. The van der Waals surface area contributed by atoms with Crippen LogP contribution in [-0.4, -0.2) is 39.8 Å². The fourth-order valence-electron chi connectivity index (χ4n) is 1.98. The number of carboxylic acid groups (broad SMARTS) is 1. The molecule has 1 aliphatic carbocycles. The van der Waals surface area contributed by atoms with Crippen LogP contribution >= 0.6 is 0 Å². The Morgan fingerprint density at radius 1 is 1.37 bits per heavy atom. The van der Waals surface area contributed by atoms with Crippen LogP contribution in [0.5, 0.6) is 0 Å². The number of carbonyl (C=O) groups is 2. The molecule has 0 aromatic rings. The molecule has 0 spiro atoms. The summed E-state index contributed by atoms with van der Waals surface area (Å²) in [4.78, 5) is 25.0. The maximum Gasteiger partial charge on any atom is 0.411 e. The van der Waals surface area contributed by atoms with Crippen LogP contribution < -0.4 is 0 Å². The van der Waals surface area contributed by atoms with Crippen LogP contribution in [0.25, 0.3) is 0 Å². The Morgan fingerprint density at radius 3 is 2.32 bits per heavy atom. The number of unbranched alkanes of at least 4 members (excludes halogenated alkanes) is 1. The minimum atomic E-state index is -0.939. The molecule has 5 nitrogen and oxygen atoms in total. The molecule has 19 heavy (non-hydrogen) atoms. The van der Waals surface area contributed by atoms with Gasteiger partial charge in [0.15, 0.2) is 0 Å². The Labute approximate surface area is 114 Å². The van der Waals surface area contributed by atoms with Crippen LogP contribution in [-0.2, 0) is 9.53 Å². The molecule has 0 heterocycles. The maximum atomic E-state index is 12.2. The van der Waals surface area contributed by atoms with Crippen LogP contribution in [0, 0.1) is 0 Å². The molecule has 1 rings (SSSR count). The van der Waals surface area contributed by atoms with E-state index in [1.165, 1.54) is 4.90 Å². The summed E-state index contributed by atoms with van der Waals surface area (Å²) in [5, 5.41) is 9.34. The lowest BCUT2D eigenvalue weighted by molar-refractivity contribution is -0.143. The quantitative estimate of drug-likeness (QED) is 0.806. The lowest BCUT2D eigenvalue weighted by Crippen LogP contribution is -2.48. The first-order valence-electron chi connectivity index (χ1n) is 7.00. The molecule has 0 saturated heterocycles. The van der Waals surface area contributed by atoms with Gasteiger partial charge in [0.25, 0.3) is 0 Å². The third-order valence-electron chi connectivity index (χ3n) is 3.00. The smallest absolute Gasteiger partial charge is 0.411 e. The van der Waals surface area contributed by atoms with Crippen LogP contribution in [0.15, 0.2) is 0 Å². The highest BCUT2D eigenvalue weighted by atomic mass is 16.6. The van der Waals surface area contributed by atoms with E-state index < -0.39 is 23.7 Å². The number of rotatable bonds is 6. The highest BCUT2D eigenvalue weighted by Crippen LogP contribution is 2.31. The average Bonchev–Trinajstić information content (AvgIpc) is 3.04. The van der Waals surface area contributed by atoms with Gasteiger partial charge in [-0.05, 0) is 40.0 Å². The molecule has 0 aromatic carbocycles. The number of carbonyl (C=O) groups excluding carboxylic acids is 1. The van der Waals surface area contributed by atoms with Gasteiger partial charge in [0, 0.05) is 6.04 Å². The van der Waals surface area contributed by atoms with E-state index in [-0.39, 0.29) is 6.04 Å². The summed E-state index contributed by atoms with van der Waals surface area (Å²) in [5.74, 6) is -0.939.